The summed E-state index contributed by atoms with van der Waals surface area (Å²) >= 11 is 14.2. The van der Waals surface area contributed by atoms with E-state index >= 15 is 0 Å². The number of hydrogen-bond acceptors (Lipinski definition) is 9. The van der Waals surface area contributed by atoms with Gasteiger partial charge >= 0.3 is 17.9 Å². The lowest BCUT2D eigenvalue weighted by Crippen LogP contribution is -2.34. The van der Waals surface area contributed by atoms with Crippen LogP contribution in [-0.2, 0) is 41.6 Å². The molecule has 0 spiro atoms. The summed E-state index contributed by atoms with van der Waals surface area (Å²) in [6.07, 6.45) is 4.95. The van der Waals surface area contributed by atoms with Gasteiger partial charge in [-0.15, -0.1) is 11.3 Å². The number of thiophene rings is 1. The molecule has 0 bridgehead atoms. The summed E-state index contributed by atoms with van der Waals surface area (Å²) in [6.45, 7) is -0.0670. The number of carbonyl (C=O) groups is 4. The zero-order valence-corrected chi connectivity index (χ0v) is 22.2. The molecule has 0 aromatic carbocycles. The maximum atomic E-state index is 13.9. The minimum atomic E-state index is -0.586. The van der Waals surface area contributed by atoms with Gasteiger partial charge < -0.3 is 19.1 Å². The van der Waals surface area contributed by atoms with Crippen LogP contribution in [0.1, 0.15) is 46.5 Å². The highest BCUT2D eigenvalue weighted by atomic mass is 35.5. The number of amides is 1. The number of esters is 3. The second-order valence-electron chi connectivity index (χ2n) is 7.83. The molecule has 0 radical (unpaired) electrons. The number of rotatable bonds is 8. The van der Waals surface area contributed by atoms with E-state index in [0.717, 1.165) is 17.8 Å². The Hall–Kier alpha value is -2.95. The quantitative estimate of drug-likeness (QED) is 0.345. The molecule has 9 nitrogen and oxygen atoms in total. The molecule has 1 aliphatic rings. The lowest BCUT2D eigenvalue weighted by Gasteiger charge is -2.27. The van der Waals surface area contributed by atoms with Crippen molar-refractivity contribution >= 4 is 64.0 Å². The minimum Gasteiger partial charge on any atom is -0.469 e. The van der Waals surface area contributed by atoms with Crippen molar-refractivity contribution in [2.75, 3.05) is 26.2 Å². The van der Waals surface area contributed by atoms with Gasteiger partial charge in [0.2, 0.25) is 0 Å². The molecule has 192 valence electrons. The van der Waals surface area contributed by atoms with Crippen LogP contribution in [0.3, 0.4) is 0 Å². The summed E-state index contributed by atoms with van der Waals surface area (Å²) in [4.78, 5) is 56.1. The number of halogens is 2. The zero-order chi connectivity index (χ0) is 26.4. The SMILES string of the molecule is COC(=O)Cc1sc(Cl)c(N(Cc2cncc(C(=O)OC)c2)C(=O)C2=C(C(=O)OC)CCCC2)c1Cl. The first-order valence-electron chi connectivity index (χ1n) is 10.9. The second-order valence-corrected chi connectivity index (χ2v) is 9.92. The van der Waals surface area contributed by atoms with E-state index in [1.54, 1.807) is 6.07 Å². The van der Waals surface area contributed by atoms with Gasteiger partial charge in [-0.1, -0.05) is 23.2 Å². The Bertz CT molecular complexity index is 1230. The minimum absolute atomic E-state index is 0.0670. The molecular formula is C24H24Cl2N2O7S. The van der Waals surface area contributed by atoms with E-state index in [2.05, 4.69) is 4.98 Å². The van der Waals surface area contributed by atoms with Crippen LogP contribution in [0.4, 0.5) is 5.69 Å². The van der Waals surface area contributed by atoms with Crippen molar-refractivity contribution in [2.45, 2.75) is 38.6 Å². The molecule has 0 saturated heterocycles. The van der Waals surface area contributed by atoms with Gasteiger partial charge in [-0.05, 0) is 37.3 Å². The molecule has 2 aromatic heterocycles. The van der Waals surface area contributed by atoms with Gasteiger partial charge in [0.1, 0.15) is 4.34 Å². The average molecular weight is 555 g/mol. The lowest BCUT2D eigenvalue weighted by atomic mass is 9.90. The topological polar surface area (TPSA) is 112 Å². The molecule has 0 fully saturated rings. The fraction of sp³-hybridized carbons (Fsp3) is 0.375. The normalized spacial score (nSPS) is 13.2. The van der Waals surface area contributed by atoms with Gasteiger partial charge in [-0.2, -0.15) is 0 Å². The summed E-state index contributed by atoms with van der Waals surface area (Å²) < 4.78 is 14.6. The van der Waals surface area contributed by atoms with Gasteiger partial charge in [0.15, 0.2) is 0 Å². The van der Waals surface area contributed by atoms with Crippen molar-refractivity contribution < 1.29 is 33.4 Å². The Balaban J connectivity index is 2.13. The van der Waals surface area contributed by atoms with Gasteiger partial charge in [-0.3, -0.25) is 14.6 Å². The summed E-state index contributed by atoms with van der Waals surface area (Å²) in [6, 6.07) is 1.54. The zero-order valence-electron chi connectivity index (χ0n) is 19.9. The molecule has 0 saturated carbocycles. The molecule has 2 aromatic rings. The first-order chi connectivity index (χ1) is 17.2. The number of hydrogen-bond donors (Lipinski definition) is 0. The molecule has 1 amide bonds. The van der Waals surface area contributed by atoms with E-state index in [-0.39, 0.29) is 33.6 Å². The van der Waals surface area contributed by atoms with E-state index in [0.29, 0.717) is 40.8 Å². The fourth-order valence-corrected chi connectivity index (χ4v) is 5.71. The van der Waals surface area contributed by atoms with Crippen molar-refractivity contribution in [1.82, 2.24) is 4.98 Å². The molecule has 0 atom stereocenters. The van der Waals surface area contributed by atoms with E-state index in [1.807, 2.05) is 0 Å². The van der Waals surface area contributed by atoms with Gasteiger partial charge in [0, 0.05) is 28.4 Å². The third-order valence-corrected chi connectivity index (χ3v) is 7.51. The largest absolute Gasteiger partial charge is 0.469 e. The Kier molecular flexibility index (Phi) is 9.47. The van der Waals surface area contributed by atoms with Gasteiger partial charge in [0.25, 0.3) is 5.91 Å². The fourth-order valence-electron chi connectivity index (χ4n) is 3.85. The Morgan fingerprint density at radius 1 is 0.972 bits per heavy atom. The molecule has 0 unspecified atom stereocenters. The standard InChI is InChI=1S/C24H24Cl2N2O7S/c1-33-18(29)9-17-19(25)20(21(26)36-17)28(12-13-8-14(11-27-10-13)23(31)34-2)22(30)15-6-4-5-7-16(15)24(32)35-3/h8,10-11H,4-7,9,12H2,1-3H3. The van der Waals surface area contributed by atoms with E-state index in [4.69, 9.17) is 37.4 Å². The number of carbonyl (C=O) groups excluding carboxylic acids is 4. The van der Waals surface area contributed by atoms with Crippen molar-refractivity contribution in [2.24, 2.45) is 0 Å². The summed E-state index contributed by atoms with van der Waals surface area (Å²) in [7, 11) is 3.77. The van der Waals surface area contributed by atoms with Gasteiger partial charge in [-0.25, -0.2) is 9.59 Å². The highest BCUT2D eigenvalue weighted by Crippen LogP contribution is 2.45. The summed E-state index contributed by atoms with van der Waals surface area (Å²) in [5, 5.41) is 0.122. The number of pyridine rings is 1. The van der Waals surface area contributed by atoms with E-state index in [1.165, 1.54) is 38.6 Å². The lowest BCUT2D eigenvalue weighted by molar-refractivity contribution is -0.139. The Labute approximate surface area is 221 Å². The van der Waals surface area contributed by atoms with Crippen LogP contribution < -0.4 is 4.90 Å². The van der Waals surface area contributed by atoms with Crippen LogP contribution in [0.25, 0.3) is 0 Å². The van der Waals surface area contributed by atoms with Crippen LogP contribution in [0, 0.1) is 0 Å². The van der Waals surface area contributed by atoms with Gasteiger partial charge in [0.05, 0.1) is 50.6 Å². The molecule has 36 heavy (non-hydrogen) atoms. The summed E-state index contributed by atoms with van der Waals surface area (Å²) in [5.41, 5.74) is 1.49. The molecule has 0 N–H and O–H groups in total. The predicted octanol–water partition coefficient (Wildman–Crippen LogP) is 4.53. The van der Waals surface area contributed by atoms with E-state index < -0.39 is 23.8 Å². The number of anilines is 1. The highest BCUT2D eigenvalue weighted by Gasteiger charge is 2.32. The maximum absolute atomic E-state index is 13.9. The number of nitrogens with zero attached hydrogens (tertiary/aromatic N) is 2. The third kappa shape index (κ3) is 6.05. The number of ether oxygens (including phenoxy) is 3. The van der Waals surface area contributed by atoms with Crippen LogP contribution in [0.5, 0.6) is 0 Å². The van der Waals surface area contributed by atoms with Crippen LogP contribution in [0.15, 0.2) is 29.6 Å². The third-order valence-electron chi connectivity index (χ3n) is 5.61. The van der Waals surface area contributed by atoms with Crippen molar-refractivity contribution in [3.63, 3.8) is 0 Å². The highest BCUT2D eigenvalue weighted by molar-refractivity contribution is 7.17. The molecule has 3 rings (SSSR count). The van der Waals surface area contributed by atoms with Crippen LogP contribution >= 0.6 is 34.5 Å². The smallest absolute Gasteiger partial charge is 0.339 e. The summed E-state index contributed by atoms with van der Waals surface area (Å²) in [5.74, 6) is -2.15. The average Bonchev–Trinajstić information content (AvgIpc) is 3.17. The molecule has 1 aliphatic carbocycles. The molecule has 12 heteroatoms. The second kappa shape index (κ2) is 12.3. The van der Waals surface area contributed by atoms with Crippen molar-refractivity contribution in [3.05, 3.63) is 55.0 Å². The number of aromatic nitrogens is 1. The Morgan fingerprint density at radius 3 is 2.28 bits per heavy atom. The molecular weight excluding hydrogens is 531 g/mol. The number of methoxy groups -OCH3 is 3. The van der Waals surface area contributed by atoms with E-state index in [9.17, 15) is 19.2 Å². The molecule has 0 aliphatic heterocycles. The first kappa shape index (κ1) is 27.6. The van der Waals surface area contributed by atoms with Crippen LogP contribution in [-0.4, -0.2) is 50.1 Å². The van der Waals surface area contributed by atoms with Crippen LogP contribution in [0.2, 0.25) is 9.36 Å². The maximum Gasteiger partial charge on any atom is 0.339 e. The van der Waals surface area contributed by atoms with Crippen molar-refractivity contribution in [3.8, 4) is 0 Å². The predicted molar refractivity (Wildman–Crippen MR) is 134 cm³/mol. The first-order valence-corrected chi connectivity index (χ1v) is 12.5. The monoisotopic (exact) mass is 554 g/mol. The Morgan fingerprint density at radius 2 is 1.64 bits per heavy atom. The van der Waals surface area contributed by atoms with Crippen molar-refractivity contribution in [1.29, 1.82) is 0 Å². The molecule has 2 heterocycles.